The van der Waals surface area contributed by atoms with Crippen molar-refractivity contribution in [2.75, 3.05) is 13.2 Å². The van der Waals surface area contributed by atoms with Crippen molar-refractivity contribution in [1.82, 2.24) is 5.32 Å². The maximum atomic E-state index is 5.85. The SMILES string of the molecule is CCc1ccccc1OCCCNC1CCCC1. The normalized spacial score (nSPS) is 16.1. The van der Waals surface area contributed by atoms with E-state index in [2.05, 4.69) is 30.4 Å². The zero-order valence-electron chi connectivity index (χ0n) is 11.5. The molecule has 2 nitrogen and oxygen atoms in total. The number of ether oxygens (including phenoxy) is 1. The lowest BCUT2D eigenvalue weighted by Crippen LogP contribution is -2.27. The Labute approximate surface area is 111 Å². The molecule has 0 unspecified atom stereocenters. The van der Waals surface area contributed by atoms with Crippen molar-refractivity contribution >= 4 is 0 Å². The number of benzene rings is 1. The van der Waals surface area contributed by atoms with Crippen LogP contribution >= 0.6 is 0 Å². The number of para-hydroxylation sites is 1. The van der Waals surface area contributed by atoms with Gasteiger partial charge >= 0.3 is 0 Å². The Kier molecular flexibility index (Phi) is 5.53. The average molecular weight is 247 g/mol. The van der Waals surface area contributed by atoms with E-state index in [1.807, 2.05) is 6.07 Å². The smallest absolute Gasteiger partial charge is 0.122 e. The second kappa shape index (κ2) is 7.42. The summed E-state index contributed by atoms with van der Waals surface area (Å²) in [5, 5.41) is 3.62. The summed E-state index contributed by atoms with van der Waals surface area (Å²) in [4.78, 5) is 0. The van der Waals surface area contributed by atoms with Crippen molar-refractivity contribution in [3.63, 3.8) is 0 Å². The third kappa shape index (κ3) is 4.02. The van der Waals surface area contributed by atoms with E-state index < -0.39 is 0 Å². The molecule has 1 aromatic carbocycles. The van der Waals surface area contributed by atoms with E-state index in [0.29, 0.717) is 0 Å². The highest BCUT2D eigenvalue weighted by Gasteiger charge is 2.13. The van der Waals surface area contributed by atoms with Crippen LogP contribution in [0.15, 0.2) is 24.3 Å². The second-order valence-corrected chi connectivity index (χ2v) is 5.10. The summed E-state index contributed by atoms with van der Waals surface area (Å²) in [5.74, 6) is 1.06. The summed E-state index contributed by atoms with van der Waals surface area (Å²) in [5.41, 5.74) is 1.31. The predicted molar refractivity (Wildman–Crippen MR) is 76.2 cm³/mol. The Balaban J connectivity index is 1.62. The van der Waals surface area contributed by atoms with Crippen LogP contribution in [0.25, 0.3) is 0 Å². The number of rotatable bonds is 7. The zero-order chi connectivity index (χ0) is 12.6. The van der Waals surface area contributed by atoms with Gasteiger partial charge in [-0.2, -0.15) is 0 Å². The Morgan fingerprint density at radius 2 is 2.00 bits per heavy atom. The molecule has 0 spiro atoms. The molecule has 1 aliphatic rings. The van der Waals surface area contributed by atoms with E-state index in [0.717, 1.165) is 37.8 Å². The quantitative estimate of drug-likeness (QED) is 0.744. The van der Waals surface area contributed by atoms with Gasteiger partial charge in [0.2, 0.25) is 0 Å². The molecule has 0 atom stereocenters. The van der Waals surface area contributed by atoms with Gasteiger partial charge in [-0.1, -0.05) is 38.0 Å². The molecule has 1 N–H and O–H groups in total. The van der Waals surface area contributed by atoms with E-state index in [1.54, 1.807) is 0 Å². The standard InChI is InChI=1S/C16H25NO/c1-2-14-8-3-6-11-16(14)18-13-7-12-17-15-9-4-5-10-15/h3,6,8,11,15,17H,2,4-5,7,9-10,12-13H2,1H3. The van der Waals surface area contributed by atoms with Crippen LogP contribution in [0.1, 0.15) is 44.6 Å². The van der Waals surface area contributed by atoms with Crippen molar-refractivity contribution < 1.29 is 4.74 Å². The van der Waals surface area contributed by atoms with Gasteiger partial charge in [0, 0.05) is 6.04 Å². The number of hydrogen-bond donors (Lipinski definition) is 1. The molecular formula is C16H25NO. The van der Waals surface area contributed by atoms with Crippen LogP contribution < -0.4 is 10.1 Å². The van der Waals surface area contributed by atoms with Gasteiger partial charge < -0.3 is 10.1 Å². The van der Waals surface area contributed by atoms with Gasteiger partial charge in [0.1, 0.15) is 5.75 Å². The van der Waals surface area contributed by atoms with Gasteiger partial charge in [0.15, 0.2) is 0 Å². The maximum Gasteiger partial charge on any atom is 0.122 e. The van der Waals surface area contributed by atoms with Gasteiger partial charge in [-0.25, -0.2) is 0 Å². The molecule has 1 aromatic rings. The fourth-order valence-electron chi connectivity index (χ4n) is 2.63. The second-order valence-electron chi connectivity index (χ2n) is 5.10. The van der Waals surface area contributed by atoms with Crippen LogP contribution in [0.5, 0.6) is 5.75 Å². The fourth-order valence-corrected chi connectivity index (χ4v) is 2.63. The van der Waals surface area contributed by atoms with E-state index in [-0.39, 0.29) is 0 Å². The molecule has 2 heteroatoms. The first-order chi connectivity index (χ1) is 8.90. The number of aryl methyl sites for hydroxylation is 1. The van der Waals surface area contributed by atoms with Gasteiger partial charge in [0.25, 0.3) is 0 Å². The Morgan fingerprint density at radius 3 is 2.78 bits per heavy atom. The lowest BCUT2D eigenvalue weighted by Gasteiger charge is -2.13. The molecule has 0 saturated heterocycles. The van der Waals surface area contributed by atoms with Gasteiger partial charge in [-0.05, 0) is 43.9 Å². The minimum atomic E-state index is 0.771. The minimum Gasteiger partial charge on any atom is -0.493 e. The summed E-state index contributed by atoms with van der Waals surface area (Å²) in [6.45, 7) is 4.07. The third-order valence-corrected chi connectivity index (χ3v) is 3.72. The maximum absolute atomic E-state index is 5.85. The summed E-state index contributed by atoms with van der Waals surface area (Å²) in [6, 6.07) is 9.11. The van der Waals surface area contributed by atoms with Crippen LogP contribution in [0.2, 0.25) is 0 Å². The topological polar surface area (TPSA) is 21.3 Å². The van der Waals surface area contributed by atoms with Crippen molar-refractivity contribution in [2.45, 2.75) is 51.5 Å². The summed E-state index contributed by atoms with van der Waals surface area (Å²) in [6.07, 6.45) is 7.65. The van der Waals surface area contributed by atoms with E-state index in [4.69, 9.17) is 4.74 Å². The highest BCUT2D eigenvalue weighted by Crippen LogP contribution is 2.19. The Hall–Kier alpha value is -1.02. The zero-order valence-corrected chi connectivity index (χ0v) is 11.5. The first-order valence-electron chi connectivity index (χ1n) is 7.34. The molecule has 100 valence electrons. The molecule has 0 amide bonds. The molecular weight excluding hydrogens is 222 g/mol. The third-order valence-electron chi connectivity index (χ3n) is 3.72. The summed E-state index contributed by atoms with van der Waals surface area (Å²) < 4.78 is 5.85. The molecule has 0 aromatic heterocycles. The van der Waals surface area contributed by atoms with Crippen molar-refractivity contribution in [1.29, 1.82) is 0 Å². The van der Waals surface area contributed by atoms with Crippen molar-refractivity contribution in [2.24, 2.45) is 0 Å². The average Bonchev–Trinajstić information content (AvgIpc) is 2.92. The molecule has 1 fully saturated rings. The van der Waals surface area contributed by atoms with E-state index in [1.165, 1.54) is 31.2 Å². The molecule has 0 radical (unpaired) electrons. The van der Waals surface area contributed by atoms with Crippen LogP contribution in [0.4, 0.5) is 0 Å². The summed E-state index contributed by atoms with van der Waals surface area (Å²) in [7, 11) is 0. The molecule has 1 aliphatic carbocycles. The molecule has 2 rings (SSSR count). The van der Waals surface area contributed by atoms with Crippen LogP contribution in [0.3, 0.4) is 0 Å². The van der Waals surface area contributed by atoms with E-state index in [9.17, 15) is 0 Å². The Morgan fingerprint density at radius 1 is 1.22 bits per heavy atom. The Bertz CT molecular complexity index is 345. The first kappa shape index (κ1) is 13.4. The van der Waals surface area contributed by atoms with E-state index >= 15 is 0 Å². The van der Waals surface area contributed by atoms with Crippen LogP contribution in [-0.4, -0.2) is 19.2 Å². The fraction of sp³-hybridized carbons (Fsp3) is 0.625. The van der Waals surface area contributed by atoms with Gasteiger partial charge in [-0.3, -0.25) is 0 Å². The number of hydrogen-bond acceptors (Lipinski definition) is 2. The molecule has 0 aliphatic heterocycles. The molecule has 0 bridgehead atoms. The van der Waals surface area contributed by atoms with Gasteiger partial charge in [-0.15, -0.1) is 0 Å². The lowest BCUT2D eigenvalue weighted by molar-refractivity contribution is 0.302. The monoisotopic (exact) mass is 247 g/mol. The van der Waals surface area contributed by atoms with Crippen molar-refractivity contribution in [3.05, 3.63) is 29.8 Å². The molecule has 1 saturated carbocycles. The first-order valence-corrected chi connectivity index (χ1v) is 7.34. The highest BCUT2D eigenvalue weighted by molar-refractivity contribution is 5.33. The van der Waals surface area contributed by atoms with Gasteiger partial charge in [0.05, 0.1) is 6.61 Å². The predicted octanol–water partition coefficient (Wildman–Crippen LogP) is 3.55. The highest BCUT2D eigenvalue weighted by atomic mass is 16.5. The molecule has 18 heavy (non-hydrogen) atoms. The summed E-state index contributed by atoms with van der Waals surface area (Å²) >= 11 is 0. The molecule has 0 heterocycles. The largest absolute Gasteiger partial charge is 0.493 e. The van der Waals surface area contributed by atoms with Crippen LogP contribution in [0, 0.1) is 0 Å². The minimum absolute atomic E-state index is 0.771. The number of nitrogens with one attached hydrogen (secondary N) is 1. The van der Waals surface area contributed by atoms with Crippen molar-refractivity contribution in [3.8, 4) is 5.75 Å². The lowest BCUT2D eigenvalue weighted by atomic mass is 10.1. The van der Waals surface area contributed by atoms with Crippen LogP contribution in [-0.2, 0) is 6.42 Å².